The number of aromatic amines is 1. The number of hydrogen-bond acceptors (Lipinski definition) is 3. The van der Waals surface area contributed by atoms with Gasteiger partial charge in [0.25, 0.3) is 10.2 Å². The zero-order valence-corrected chi connectivity index (χ0v) is 14.6. The summed E-state index contributed by atoms with van der Waals surface area (Å²) in [6.07, 6.45) is 0.517. The van der Waals surface area contributed by atoms with E-state index in [0.29, 0.717) is 31.1 Å². The van der Waals surface area contributed by atoms with E-state index in [-0.39, 0.29) is 0 Å². The van der Waals surface area contributed by atoms with Gasteiger partial charge in [0.1, 0.15) is 5.82 Å². The molecule has 0 radical (unpaired) electrons. The summed E-state index contributed by atoms with van der Waals surface area (Å²) in [5.41, 5.74) is 1.69. The number of hydrogen-bond donors (Lipinski definition) is 1. The maximum atomic E-state index is 12.3. The molecule has 6 nitrogen and oxygen atoms in total. The first-order chi connectivity index (χ1) is 10.4. The van der Waals surface area contributed by atoms with Crippen LogP contribution in [0.5, 0.6) is 0 Å². The Labute approximate surface area is 136 Å². The van der Waals surface area contributed by atoms with Crippen molar-refractivity contribution < 1.29 is 8.42 Å². The topological polar surface area (TPSA) is 69.3 Å². The number of H-pyrrole nitrogens is 1. The third-order valence-corrected chi connectivity index (χ3v) is 5.96. The molecule has 0 saturated carbocycles. The summed E-state index contributed by atoms with van der Waals surface area (Å²) < 4.78 is 27.5. The lowest BCUT2D eigenvalue weighted by Gasteiger charge is -2.25. The Bertz CT molecular complexity index is 740. The Morgan fingerprint density at radius 1 is 1.27 bits per heavy atom. The van der Waals surface area contributed by atoms with Crippen molar-refractivity contribution in [3.8, 4) is 0 Å². The lowest BCUT2D eigenvalue weighted by atomic mass is 10.3. The first-order valence-electron chi connectivity index (χ1n) is 7.24. The average Bonchev–Trinajstić information content (AvgIpc) is 2.87. The van der Waals surface area contributed by atoms with E-state index >= 15 is 0 Å². The second-order valence-corrected chi connectivity index (χ2v) is 7.48. The summed E-state index contributed by atoms with van der Waals surface area (Å²) in [5.74, 6) is 0.749. The summed E-state index contributed by atoms with van der Waals surface area (Å²) >= 11 is 5.94. The van der Waals surface area contributed by atoms with Crippen molar-refractivity contribution in [2.45, 2.75) is 20.3 Å². The minimum absolute atomic E-state index is 0.367. The quantitative estimate of drug-likeness (QED) is 0.837. The van der Waals surface area contributed by atoms with Crippen LogP contribution in [0.3, 0.4) is 0 Å². The number of likely N-dealkylation sites (N-methyl/N-ethyl adjacent to an activating group) is 1. The molecule has 0 unspecified atom stereocenters. The van der Waals surface area contributed by atoms with Crippen molar-refractivity contribution in [1.29, 1.82) is 0 Å². The van der Waals surface area contributed by atoms with Crippen molar-refractivity contribution in [1.82, 2.24) is 18.6 Å². The van der Waals surface area contributed by atoms with E-state index in [1.807, 2.05) is 26.0 Å². The lowest BCUT2D eigenvalue weighted by molar-refractivity contribution is 0.378. The van der Waals surface area contributed by atoms with Crippen LogP contribution in [0.25, 0.3) is 11.0 Å². The van der Waals surface area contributed by atoms with E-state index in [1.54, 1.807) is 13.1 Å². The Balaban J connectivity index is 2.07. The molecule has 1 heterocycles. The van der Waals surface area contributed by atoms with Gasteiger partial charge in [-0.3, -0.25) is 0 Å². The SMILES string of the molecule is CCN(CC)S(=O)(=O)N(C)CCc1nc2ccc(Cl)cc2[nH]1. The zero-order valence-electron chi connectivity index (χ0n) is 13.0. The number of nitrogens with zero attached hydrogens (tertiary/aromatic N) is 3. The Hall–Kier alpha value is -1.15. The van der Waals surface area contributed by atoms with E-state index in [0.717, 1.165) is 16.9 Å². The molecule has 22 heavy (non-hydrogen) atoms. The van der Waals surface area contributed by atoms with Crippen molar-refractivity contribution >= 4 is 32.8 Å². The number of halogens is 1. The highest BCUT2D eigenvalue weighted by Gasteiger charge is 2.24. The molecule has 1 aromatic carbocycles. The Kier molecular flexibility index (Phi) is 5.44. The van der Waals surface area contributed by atoms with Crippen LogP contribution in [-0.2, 0) is 16.6 Å². The molecule has 0 aliphatic carbocycles. The second-order valence-electron chi connectivity index (χ2n) is 5.01. The maximum Gasteiger partial charge on any atom is 0.281 e. The van der Waals surface area contributed by atoms with Crippen molar-refractivity contribution in [3.63, 3.8) is 0 Å². The van der Waals surface area contributed by atoms with E-state index in [2.05, 4.69) is 9.97 Å². The predicted octanol–water partition coefficient (Wildman–Crippen LogP) is 2.28. The fraction of sp³-hybridized carbons (Fsp3) is 0.500. The maximum absolute atomic E-state index is 12.3. The van der Waals surface area contributed by atoms with Gasteiger partial charge in [-0.2, -0.15) is 17.0 Å². The number of benzene rings is 1. The molecule has 2 aromatic rings. The highest BCUT2D eigenvalue weighted by Crippen LogP contribution is 2.17. The summed E-state index contributed by atoms with van der Waals surface area (Å²) in [6.45, 7) is 4.96. The summed E-state index contributed by atoms with van der Waals surface area (Å²) in [7, 11) is -1.81. The smallest absolute Gasteiger partial charge is 0.281 e. The minimum Gasteiger partial charge on any atom is -0.342 e. The fourth-order valence-electron chi connectivity index (χ4n) is 2.28. The molecule has 0 amide bonds. The number of nitrogens with one attached hydrogen (secondary N) is 1. The molecule has 2 rings (SSSR count). The normalized spacial score (nSPS) is 12.6. The molecule has 8 heteroatoms. The molecule has 0 atom stereocenters. The van der Waals surface area contributed by atoms with Gasteiger partial charge in [-0.15, -0.1) is 0 Å². The summed E-state index contributed by atoms with van der Waals surface area (Å²) in [4.78, 5) is 7.61. The van der Waals surface area contributed by atoms with Gasteiger partial charge in [-0.05, 0) is 18.2 Å². The predicted molar refractivity (Wildman–Crippen MR) is 89.3 cm³/mol. The molecule has 0 aliphatic heterocycles. The summed E-state index contributed by atoms with van der Waals surface area (Å²) in [5, 5.41) is 0.643. The van der Waals surface area contributed by atoms with E-state index in [1.165, 1.54) is 8.61 Å². The van der Waals surface area contributed by atoms with Gasteiger partial charge >= 0.3 is 0 Å². The van der Waals surface area contributed by atoms with Crippen molar-refractivity contribution in [2.24, 2.45) is 0 Å². The molecule has 0 fully saturated rings. The van der Waals surface area contributed by atoms with Crippen LogP contribution >= 0.6 is 11.6 Å². The first-order valence-corrected chi connectivity index (χ1v) is 9.01. The van der Waals surface area contributed by atoms with Crippen molar-refractivity contribution in [2.75, 3.05) is 26.7 Å². The van der Waals surface area contributed by atoms with E-state index < -0.39 is 10.2 Å². The highest BCUT2D eigenvalue weighted by atomic mass is 35.5. The lowest BCUT2D eigenvalue weighted by Crippen LogP contribution is -2.42. The Morgan fingerprint density at radius 2 is 1.95 bits per heavy atom. The number of imidazole rings is 1. The molecular weight excluding hydrogens is 324 g/mol. The molecule has 0 spiro atoms. The standard InChI is InChI=1S/C14H21ClN4O2S/c1-4-19(5-2)22(20,21)18(3)9-8-14-16-12-7-6-11(15)10-13(12)17-14/h6-7,10H,4-5,8-9H2,1-3H3,(H,16,17). The Morgan fingerprint density at radius 3 is 2.59 bits per heavy atom. The van der Waals surface area contributed by atoms with E-state index in [9.17, 15) is 8.42 Å². The zero-order chi connectivity index (χ0) is 16.3. The van der Waals surface area contributed by atoms with Gasteiger partial charge in [0.15, 0.2) is 0 Å². The van der Waals surface area contributed by atoms with Gasteiger partial charge < -0.3 is 4.98 Å². The molecule has 0 saturated heterocycles. The van der Waals surface area contributed by atoms with Gasteiger partial charge in [0, 0.05) is 38.1 Å². The van der Waals surface area contributed by atoms with Crippen LogP contribution in [0.4, 0.5) is 0 Å². The first kappa shape index (κ1) is 17.2. The van der Waals surface area contributed by atoms with E-state index in [4.69, 9.17) is 11.6 Å². The summed E-state index contributed by atoms with van der Waals surface area (Å²) in [6, 6.07) is 5.43. The highest BCUT2D eigenvalue weighted by molar-refractivity contribution is 7.86. The molecule has 1 N–H and O–H groups in total. The third-order valence-electron chi connectivity index (χ3n) is 3.58. The minimum atomic E-state index is -3.40. The van der Waals surface area contributed by atoms with Gasteiger partial charge in [-0.1, -0.05) is 25.4 Å². The van der Waals surface area contributed by atoms with Gasteiger partial charge in [0.05, 0.1) is 11.0 Å². The molecule has 122 valence electrons. The third kappa shape index (κ3) is 3.60. The molecule has 0 bridgehead atoms. The van der Waals surface area contributed by atoms with Crippen LogP contribution in [0.2, 0.25) is 5.02 Å². The monoisotopic (exact) mass is 344 g/mol. The van der Waals surface area contributed by atoms with Crippen LogP contribution in [0.1, 0.15) is 19.7 Å². The number of fused-ring (bicyclic) bond motifs is 1. The second kappa shape index (κ2) is 6.95. The number of aromatic nitrogens is 2. The van der Waals surface area contributed by atoms with Crippen LogP contribution in [0, 0.1) is 0 Å². The average molecular weight is 345 g/mol. The van der Waals surface area contributed by atoms with Crippen LogP contribution in [-0.4, -0.2) is 53.7 Å². The fourth-order valence-corrected chi connectivity index (χ4v) is 3.82. The van der Waals surface area contributed by atoms with Crippen LogP contribution < -0.4 is 0 Å². The molecular formula is C14H21ClN4O2S. The van der Waals surface area contributed by atoms with Crippen molar-refractivity contribution in [3.05, 3.63) is 29.0 Å². The molecule has 0 aliphatic rings. The molecule has 1 aromatic heterocycles. The largest absolute Gasteiger partial charge is 0.342 e. The number of rotatable bonds is 7. The van der Waals surface area contributed by atoms with Gasteiger partial charge in [-0.25, -0.2) is 4.98 Å². The van der Waals surface area contributed by atoms with Crippen LogP contribution in [0.15, 0.2) is 18.2 Å². The van der Waals surface area contributed by atoms with Gasteiger partial charge in [0.2, 0.25) is 0 Å².